The van der Waals surface area contributed by atoms with E-state index >= 15 is 0 Å². The molecule has 0 bridgehead atoms. The van der Waals surface area contributed by atoms with Crippen LogP contribution in [0.1, 0.15) is 48.2 Å². The number of anilines is 2. The highest BCUT2D eigenvalue weighted by molar-refractivity contribution is 7.13. The van der Waals surface area contributed by atoms with Gasteiger partial charge in [-0.1, -0.05) is 18.0 Å². The normalized spacial score (nSPS) is 17.6. The number of piperidine rings is 1. The predicted molar refractivity (Wildman–Crippen MR) is 113 cm³/mol. The maximum atomic E-state index is 5.97. The minimum Gasteiger partial charge on any atom is -0.316 e. The third-order valence-corrected chi connectivity index (χ3v) is 5.89. The van der Waals surface area contributed by atoms with Crippen molar-refractivity contribution in [3.8, 4) is 0 Å². The van der Waals surface area contributed by atoms with E-state index in [1.165, 1.54) is 12.8 Å². The molecular weight excluding hydrogens is 392 g/mol. The van der Waals surface area contributed by atoms with Crippen molar-refractivity contribution in [1.29, 1.82) is 0 Å². The Bertz CT molecular complexity index is 942. The van der Waals surface area contributed by atoms with Crippen LogP contribution in [0.4, 0.5) is 10.9 Å². The molecule has 1 atom stereocenters. The van der Waals surface area contributed by atoms with E-state index in [1.807, 2.05) is 37.4 Å². The van der Waals surface area contributed by atoms with E-state index in [0.29, 0.717) is 5.02 Å². The zero-order valence-corrected chi connectivity index (χ0v) is 17.6. The maximum Gasteiger partial charge on any atom is 0.188 e. The van der Waals surface area contributed by atoms with Gasteiger partial charge in [0, 0.05) is 29.9 Å². The van der Waals surface area contributed by atoms with Crippen molar-refractivity contribution in [2.24, 2.45) is 0 Å². The molecule has 1 fully saturated rings. The van der Waals surface area contributed by atoms with Gasteiger partial charge in [0.25, 0.3) is 0 Å². The molecule has 0 radical (unpaired) electrons. The Morgan fingerprint density at radius 1 is 1.18 bits per heavy atom. The molecule has 0 spiro atoms. The highest BCUT2D eigenvalue weighted by atomic mass is 35.5. The summed E-state index contributed by atoms with van der Waals surface area (Å²) >= 11 is 7.56. The summed E-state index contributed by atoms with van der Waals surface area (Å²) in [5, 5.41) is 6.87. The minimum absolute atomic E-state index is 0.185. The van der Waals surface area contributed by atoms with Crippen LogP contribution in [-0.4, -0.2) is 31.4 Å². The molecule has 146 valence electrons. The Kier molecular flexibility index (Phi) is 5.85. The molecule has 3 aromatic rings. The first kappa shape index (κ1) is 19.2. The maximum absolute atomic E-state index is 5.97. The molecular formula is C20H23ClN6S. The Hall–Kier alpha value is -2.09. The zero-order valence-electron chi connectivity index (χ0n) is 16.0. The minimum atomic E-state index is 0.185. The number of thiazole rings is 1. The summed E-state index contributed by atoms with van der Waals surface area (Å²) < 4.78 is 0. The summed E-state index contributed by atoms with van der Waals surface area (Å²) in [6.45, 7) is 5.79. The molecule has 1 aliphatic heterocycles. The summed E-state index contributed by atoms with van der Waals surface area (Å²) in [6.07, 6.45) is 5.12. The van der Waals surface area contributed by atoms with Crippen molar-refractivity contribution in [2.45, 2.75) is 45.7 Å². The van der Waals surface area contributed by atoms with Crippen molar-refractivity contribution < 1.29 is 0 Å². The lowest BCUT2D eigenvalue weighted by Crippen LogP contribution is -2.34. The van der Waals surface area contributed by atoms with Crippen molar-refractivity contribution in [3.05, 3.63) is 57.7 Å². The predicted octanol–water partition coefficient (Wildman–Crippen LogP) is 5.07. The first-order chi connectivity index (χ1) is 13.6. The number of nitrogens with one attached hydrogen (secondary N) is 1. The fourth-order valence-electron chi connectivity index (χ4n) is 3.51. The second kappa shape index (κ2) is 8.51. The number of pyridine rings is 1. The number of hydrogen-bond acceptors (Lipinski definition) is 7. The second-order valence-corrected chi connectivity index (χ2v) is 8.42. The molecule has 4 rings (SSSR count). The molecule has 0 saturated carbocycles. The Morgan fingerprint density at radius 3 is 2.82 bits per heavy atom. The van der Waals surface area contributed by atoms with Crippen LogP contribution in [0.15, 0.2) is 29.8 Å². The van der Waals surface area contributed by atoms with Crippen LogP contribution in [0.5, 0.6) is 0 Å². The van der Waals surface area contributed by atoms with E-state index < -0.39 is 0 Å². The number of hydrogen-bond donors (Lipinski definition) is 1. The summed E-state index contributed by atoms with van der Waals surface area (Å²) in [5.74, 6) is 1.66. The smallest absolute Gasteiger partial charge is 0.188 e. The quantitative estimate of drug-likeness (QED) is 0.628. The average molecular weight is 415 g/mol. The van der Waals surface area contributed by atoms with E-state index in [0.717, 1.165) is 53.4 Å². The highest BCUT2D eigenvalue weighted by Crippen LogP contribution is 2.31. The molecule has 6 nitrogen and oxygen atoms in total. The highest BCUT2D eigenvalue weighted by Gasteiger charge is 2.27. The Labute approximate surface area is 174 Å². The topological polar surface area (TPSA) is 66.8 Å². The van der Waals surface area contributed by atoms with Crippen molar-refractivity contribution in [3.63, 3.8) is 0 Å². The van der Waals surface area contributed by atoms with Gasteiger partial charge in [-0.05, 0) is 45.4 Å². The van der Waals surface area contributed by atoms with Gasteiger partial charge in [-0.25, -0.2) is 15.0 Å². The van der Waals surface area contributed by atoms with Crippen LogP contribution < -0.4 is 5.32 Å². The molecule has 28 heavy (non-hydrogen) atoms. The summed E-state index contributed by atoms with van der Waals surface area (Å²) in [7, 11) is 0. The molecule has 0 aromatic carbocycles. The molecule has 8 heteroatoms. The standard InChI is InChI=1S/C20H23ClN6S/c1-13-9-18(26-20-24-14(2)12-28-20)25-19(23-13)17-5-3-4-8-27(17)11-16-7-6-15(21)10-22-16/h6-7,9-10,12,17H,3-5,8,11H2,1-2H3,(H,23,24,25,26). The van der Waals surface area contributed by atoms with E-state index in [2.05, 4.69) is 20.2 Å². The summed E-state index contributed by atoms with van der Waals surface area (Å²) in [5.41, 5.74) is 2.98. The van der Waals surface area contributed by atoms with Gasteiger partial charge in [-0.3, -0.25) is 9.88 Å². The van der Waals surface area contributed by atoms with Gasteiger partial charge in [-0.15, -0.1) is 11.3 Å². The van der Waals surface area contributed by atoms with Crippen LogP contribution in [0.3, 0.4) is 0 Å². The van der Waals surface area contributed by atoms with E-state index in [-0.39, 0.29) is 6.04 Å². The van der Waals surface area contributed by atoms with Crippen LogP contribution in [0.25, 0.3) is 0 Å². The lowest BCUT2D eigenvalue weighted by Gasteiger charge is -2.34. The summed E-state index contributed by atoms with van der Waals surface area (Å²) in [4.78, 5) is 20.9. The van der Waals surface area contributed by atoms with Gasteiger partial charge < -0.3 is 5.32 Å². The average Bonchev–Trinajstić information content (AvgIpc) is 3.08. The first-order valence-electron chi connectivity index (χ1n) is 9.46. The molecule has 3 aromatic heterocycles. The number of halogens is 1. The molecule has 0 aliphatic carbocycles. The monoisotopic (exact) mass is 414 g/mol. The number of aryl methyl sites for hydroxylation is 2. The van der Waals surface area contributed by atoms with Crippen molar-refractivity contribution in [1.82, 2.24) is 24.8 Å². The molecule has 1 aliphatic rings. The third-order valence-electron chi connectivity index (χ3n) is 4.79. The van der Waals surface area contributed by atoms with Crippen molar-refractivity contribution in [2.75, 3.05) is 11.9 Å². The fourth-order valence-corrected chi connectivity index (χ4v) is 4.31. The Morgan fingerprint density at radius 2 is 2.07 bits per heavy atom. The van der Waals surface area contributed by atoms with Gasteiger partial charge in [0.15, 0.2) is 5.13 Å². The molecule has 0 amide bonds. The van der Waals surface area contributed by atoms with Crippen LogP contribution in [-0.2, 0) is 6.54 Å². The number of aromatic nitrogens is 4. The largest absolute Gasteiger partial charge is 0.316 e. The third kappa shape index (κ3) is 4.66. The summed E-state index contributed by atoms with van der Waals surface area (Å²) in [6, 6.07) is 6.03. The fraction of sp³-hybridized carbons (Fsp3) is 0.400. The van der Waals surface area contributed by atoms with Gasteiger partial charge >= 0.3 is 0 Å². The van der Waals surface area contributed by atoms with Crippen molar-refractivity contribution >= 4 is 33.9 Å². The lowest BCUT2D eigenvalue weighted by molar-refractivity contribution is 0.132. The van der Waals surface area contributed by atoms with Gasteiger partial charge in [0.2, 0.25) is 0 Å². The lowest BCUT2D eigenvalue weighted by atomic mass is 10.0. The number of nitrogens with zero attached hydrogens (tertiary/aromatic N) is 5. The number of likely N-dealkylation sites (tertiary alicyclic amines) is 1. The van der Waals surface area contributed by atoms with Gasteiger partial charge in [-0.2, -0.15) is 0 Å². The molecule has 1 unspecified atom stereocenters. The SMILES string of the molecule is Cc1cc(Nc2nc(C)cs2)nc(C2CCCCN2Cc2ccc(Cl)cn2)n1. The number of rotatable bonds is 5. The molecule has 1 saturated heterocycles. The van der Waals surface area contributed by atoms with Crippen LogP contribution in [0, 0.1) is 13.8 Å². The first-order valence-corrected chi connectivity index (χ1v) is 10.7. The second-order valence-electron chi connectivity index (χ2n) is 7.12. The van der Waals surface area contributed by atoms with E-state index in [9.17, 15) is 0 Å². The zero-order chi connectivity index (χ0) is 19.5. The molecule has 4 heterocycles. The Balaban J connectivity index is 1.57. The van der Waals surface area contributed by atoms with Crippen LogP contribution >= 0.6 is 22.9 Å². The van der Waals surface area contributed by atoms with Gasteiger partial charge in [0.05, 0.1) is 22.5 Å². The molecule has 1 N–H and O–H groups in total. The van der Waals surface area contributed by atoms with Crippen LogP contribution in [0.2, 0.25) is 5.02 Å². The van der Waals surface area contributed by atoms with Gasteiger partial charge in [0.1, 0.15) is 11.6 Å². The van der Waals surface area contributed by atoms with E-state index in [1.54, 1.807) is 17.5 Å². The van der Waals surface area contributed by atoms with E-state index in [4.69, 9.17) is 21.6 Å².